The van der Waals surface area contributed by atoms with Gasteiger partial charge in [-0.05, 0) is 23.3 Å². The van der Waals surface area contributed by atoms with E-state index >= 15 is 0 Å². The van der Waals surface area contributed by atoms with Crippen LogP contribution in [-0.2, 0) is 6.54 Å². The summed E-state index contributed by atoms with van der Waals surface area (Å²) in [4.78, 5) is 5.71. The molecule has 0 saturated carbocycles. The average molecular weight is 313 g/mol. The van der Waals surface area contributed by atoms with Crippen LogP contribution in [0.5, 0.6) is 0 Å². The monoisotopic (exact) mass is 312 g/mol. The van der Waals surface area contributed by atoms with E-state index in [0.29, 0.717) is 11.8 Å². The van der Waals surface area contributed by atoms with Gasteiger partial charge in [0, 0.05) is 24.3 Å². The Morgan fingerprint density at radius 3 is 2.88 bits per heavy atom. The second kappa shape index (κ2) is 5.83. The van der Waals surface area contributed by atoms with Gasteiger partial charge in [-0.15, -0.1) is 11.3 Å². The molecule has 2 rings (SSSR count). The van der Waals surface area contributed by atoms with Crippen molar-refractivity contribution in [3.8, 4) is 10.7 Å². The van der Waals surface area contributed by atoms with Gasteiger partial charge in [0.05, 0.1) is 4.88 Å². The van der Waals surface area contributed by atoms with Crippen LogP contribution in [0.4, 0.5) is 0 Å². The Balaban J connectivity index is 2.20. The lowest BCUT2D eigenvalue weighted by atomic mass is 9.98. The number of halogens is 1. The number of imidazole rings is 1. The maximum atomic E-state index is 4.46. The van der Waals surface area contributed by atoms with Crippen molar-refractivity contribution in [1.82, 2.24) is 9.55 Å². The van der Waals surface area contributed by atoms with Crippen molar-refractivity contribution in [1.29, 1.82) is 0 Å². The maximum absolute atomic E-state index is 4.46. The van der Waals surface area contributed by atoms with E-state index in [1.807, 2.05) is 6.20 Å². The molecule has 0 aliphatic heterocycles. The van der Waals surface area contributed by atoms with Crippen molar-refractivity contribution in [3.63, 3.8) is 0 Å². The molecule has 2 aromatic heterocycles. The molecule has 0 aliphatic carbocycles. The molecule has 17 heavy (non-hydrogen) atoms. The van der Waals surface area contributed by atoms with Crippen LogP contribution in [0.15, 0.2) is 29.9 Å². The molecule has 2 heterocycles. The smallest absolute Gasteiger partial charge is 0.149 e. The summed E-state index contributed by atoms with van der Waals surface area (Å²) in [5, 5.41) is 3.13. The third-order valence-corrected chi connectivity index (χ3v) is 4.73. The molecule has 4 heteroatoms. The molecule has 0 aromatic carbocycles. The molecule has 2 nitrogen and oxygen atoms in total. The fourth-order valence-electron chi connectivity index (χ4n) is 1.78. The van der Waals surface area contributed by atoms with Crippen LogP contribution in [-0.4, -0.2) is 14.9 Å². The number of thiophene rings is 1. The Morgan fingerprint density at radius 2 is 2.29 bits per heavy atom. The molecular weight excluding hydrogens is 296 g/mol. The highest BCUT2D eigenvalue weighted by atomic mass is 79.9. The molecule has 92 valence electrons. The Kier molecular flexibility index (Phi) is 4.40. The van der Waals surface area contributed by atoms with E-state index in [4.69, 9.17) is 0 Å². The summed E-state index contributed by atoms with van der Waals surface area (Å²) in [5.41, 5.74) is 0. The molecule has 0 amide bonds. The highest BCUT2D eigenvalue weighted by molar-refractivity contribution is 9.09. The van der Waals surface area contributed by atoms with Gasteiger partial charge >= 0.3 is 0 Å². The van der Waals surface area contributed by atoms with Crippen molar-refractivity contribution in [3.05, 3.63) is 29.9 Å². The molecule has 1 atom stereocenters. The van der Waals surface area contributed by atoms with Crippen LogP contribution in [0.1, 0.15) is 13.8 Å². The SMILES string of the molecule is CC(C)C(CBr)Cn1ccnc1-c1cccs1. The first-order chi connectivity index (χ1) is 8.22. The molecular formula is C13H17BrN2S. The zero-order valence-electron chi connectivity index (χ0n) is 10.1. The van der Waals surface area contributed by atoms with Gasteiger partial charge in [0.25, 0.3) is 0 Å². The third-order valence-electron chi connectivity index (χ3n) is 3.03. The Bertz CT molecular complexity index is 448. The second-order valence-electron chi connectivity index (χ2n) is 4.54. The lowest BCUT2D eigenvalue weighted by Gasteiger charge is -2.19. The topological polar surface area (TPSA) is 17.8 Å². The van der Waals surface area contributed by atoms with Crippen molar-refractivity contribution >= 4 is 27.3 Å². The van der Waals surface area contributed by atoms with Gasteiger partial charge in [-0.1, -0.05) is 35.8 Å². The fraction of sp³-hybridized carbons (Fsp3) is 0.462. The van der Waals surface area contributed by atoms with E-state index in [-0.39, 0.29) is 0 Å². The number of rotatable bonds is 5. The van der Waals surface area contributed by atoms with Crippen LogP contribution in [0.25, 0.3) is 10.7 Å². The van der Waals surface area contributed by atoms with Gasteiger partial charge in [-0.25, -0.2) is 4.98 Å². The van der Waals surface area contributed by atoms with Crippen LogP contribution in [0.2, 0.25) is 0 Å². The van der Waals surface area contributed by atoms with E-state index in [1.165, 1.54) is 4.88 Å². The molecule has 2 aromatic rings. The summed E-state index contributed by atoms with van der Waals surface area (Å²) in [6, 6.07) is 4.20. The molecule has 1 unspecified atom stereocenters. The van der Waals surface area contributed by atoms with Crippen LogP contribution in [0.3, 0.4) is 0 Å². The van der Waals surface area contributed by atoms with E-state index in [0.717, 1.165) is 17.7 Å². The standard InChI is InChI=1S/C13H17BrN2S/c1-10(2)11(8-14)9-16-6-5-15-13(16)12-4-3-7-17-12/h3-7,10-11H,8-9H2,1-2H3. The summed E-state index contributed by atoms with van der Waals surface area (Å²) < 4.78 is 2.26. The summed E-state index contributed by atoms with van der Waals surface area (Å²) in [5.74, 6) is 2.41. The number of nitrogens with zero attached hydrogens (tertiary/aromatic N) is 2. The minimum Gasteiger partial charge on any atom is -0.330 e. The predicted molar refractivity (Wildman–Crippen MR) is 77.7 cm³/mol. The predicted octanol–water partition coefficient (Wildman–Crippen LogP) is 4.28. The molecule has 0 fully saturated rings. The normalized spacial score (nSPS) is 13.2. The largest absolute Gasteiger partial charge is 0.330 e. The summed E-state index contributed by atoms with van der Waals surface area (Å²) in [6.07, 6.45) is 3.97. The Morgan fingerprint density at radius 1 is 1.47 bits per heavy atom. The zero-order chi connectivity index (χ0) is 12.3. The minimum absolute atomic E-state index is 0.642. The third kappa shape index (κ3) is 2.99. The van der Waals surface area contributed by atoms with Crippen molar-refractivity contribution < 1.29 is 0 Å². The lowest BCUT2D eigenvalue weighted by Crippen LogP contribution is -2.17. The Labute approximate surface area is 115 Å². The number of alkyl halides is 1. The van der Waals surface area contributed by atoms with Gasteiger partial charge in [0.2, 0.25) is 0 Å². The van der Waals surface area contributed by atoms with E-state index < -0.39 is 0 Å². The van der Waals surface area contributed by atoms with Crippen molar-refractivity contribution in [2.45, 2.75) is 20.4 Å². The van der Waals surface area contributed by atoms with Crippen LogP contribution < -0.4 is 0 Å². The van der Waals surface area contributed by atoms with Crippen molar-refractivity contribution in [2.75, 3.05) is 5.33 Å². The lowest BCUT2D eigenvalue weighted by molar-refractivity contribution is 0.375. The fourth-order valence-corrected chi connectivity index (χ4v) is 3.47. The van der Waals surface area contributed by atoms with Gasteiger partial charge in [0.1, 0.15) is 5.82 Å². The minimum atomic E-state index is 0.642. The number of aromatic nitrogens is 2. The van der Waals surface area contributed by atoms with Crippen LogP contribution >= 0.6 is 27.3 Å². The molecule has 0 N–H and O–H groups in total. The number of hydrogen-bond acceptors (Lipinski definition) is 2. The average Bonchev–Trinajstić information content (AvgIpc) is 2.95. The molecule has 0 saturated heterocycles. The van der Waals surface area contributed by atoms with Gasteiger partial charge in [-0.3, -0.25) is 0 Å². The number of hydrogen-bond donors (Lipinski definition) is 0. The maximum Gasteiger partial charge on any atom is 0.149 e. The van der Waals surface area contributed by atoms with Gasteiger partial charge in [-0.2, -0.15) is 0 Å². The highest BCUT2D eigenvalue weighted by Gasteiger charge is 2.15. The Hall–Kier alpha value is -0.610. The van der Waals surface area contributed by atoms with Gasteiger partial charge < -0.3 is 4.57 Å². The second-order valence-corrected chi connectivity index (χ2v) is 6.13. The van der Waals surface area contributed by atoms with E-state index in [2.05, 4.69) is 63.0 Å². The highest BCUT2D eigenvalue weighted by Crippen LogP contribution is 2.25. The molecule has 0 radical (unpaired) electrons. The first kappa shape index (κ1) is 12.8. The first-order valence-corrected chi connectivity index (χ1v) is 7.83. The summed E-state index contributed by atoms with van der Waals surface area (Å²) in [6.45, 7) is 5.57. The van der Waals surface area contributed by atoms with E-state index in [1.54, 1.807) is 11.3 Å². The zero-order valence-corrected chi connectivity index (χ0v) is 12.5. The van der Waals surface area contributed by atoms with Gasteiger partial charge in [0.15, 0.2) is 0 Å². The molecule has 0 aliphatic rings. The summed E-state index contributed by atoms with van der Waals surface area (Å²) in [7, 11) is 0. The first-order valence-electron chi connectivity index (χ1n) is 5.83. The van der Waals surface area contributed by atoms with Crippen LogP contribution in [0, 0.1) is 11.8 Å². The molecule has 0 spiro atoms. The quantitative estimate of drug-likeness (QED) is 0.753. The molecule has 0 bridgehead atoms. The van der Waals surface area contributed by atoms with E-state index in [9.17, 15) is 0 Å². The van der Waals surface area contributed by atoms with Crippen molar-refractivity contribution in [2.24, 2.45) is 11.8 Å². The summed E-state index contributed by atoms with van der Waals surface area (Å²) >= 11 is 5.35.